The van der Waals surface area contributed by atoms with E-state index in [9.17, 15) is 14.7 Å². The van der Waals surface area contributed by atoms with Gasteiger partial charge in [0.05, 0.1) is 19.4 Å². The molecule has 1 rings (SSSR count). The number of hydrogen-bond donors (Lipinski definition) is 3. The molecule has 8 heteroatoms. The van der Waals surface area contributed by atoms with Gasteiger partial charge in [0.1, 0.15) is 6.42 Å². The van der Waals surface area contributed by atoms with Crippen LogP contribution in [0, 0.1) is 0 Å². The van der Waals surface area contributed by atoms with Gasteiger partial charge in [-0.1, -0.05) is 0 Å². The van der Waals surface area contributed by atoms with Crippen molar-refractivity contribution in [2.45, 2.75) is 13.3 Å². The van der Waals surface area contributed by atoms with E-state index in [1.54, 1.807) is 19.1 Å². The van der Waals surface area contributed by atoms with Crippen LogP contribution in [0.3, 0.4) is 0 Å². The van der Waals surface area contributed by atoms with Crippen LogP contribution in [0.2, 0.25) is 0 Å². The SMILES string of the molecule is CCOc1cc(C=NNC(=O)CC(=O)NCCOC)ccc1O. The number of nitrogens with one attached hydrogen (secondary N) is 2. The zero-order valence-corrected chi connectivity index (χ0v) is 13.2. The molecule has 23 heavy (non-hydrogen) atoms. The van der Waals surface area contributed by atoms with Gasteiger partial charge in [-0.15, -0.1) is 0 Å². The van der Waals surface area contributed by atoms with Crippen molar-refractivity contribution in [3.05, 3.63) is 23.8 Å². The molecule has 1 aromatic carbocycles. The Morgan fingerprint density at radius 3 is 2.83 bits per heavy atom. The maximum atomic E-state index is 11.5. The molecule has 1 aromatic rings. The second-order valence-corrected chi connectivity index (χ2v) is 4.47. The lowest BCUT2D eigenvalue weighted by Crippen LogP contribution is -2.31. The van der Waals surface area contributed by atoms with Gasteiger partial charge in [-0.3, -0.25) is 9.59 Å². The number of hydrogen-bond acceptors (Lipinski definition) is 6. The quantitative estimate of drug-likeness (QED) is 0.264. The molecular formula is C15H21N3O5. The van der Waals surface area contributed by atoms with Crippen molar-refractivity contribution in [2.24, 2.45) is 5.10 Å². The Bertz CT molecular complexity index is 560. The Morgan fingerprint density at radius 2 is 2.13 bits per heavy atom. The normalized spacial score (nSPS) is 10.5. The monoisotopic (exact) mass is 323 g/mol. The van der Waals surface area contributed by atoms with Crippen LogP contribution in [-0.4, -0.2) is 50.0 Å². The third-order valence-electron chi connectivity index (χ3n) is 2.64. The number of phenolic OH excluding ortho intramolecular Hbond substituents is 1. The minimum absolute atomic E-state index is 0.0285. The molecule has 0 bridgehead atoms. The molecule has 0 heterocycles. The number of rotatable bonds is 9. The molecular weight excluding hydrogens is 302 g/mol. The average Bonchev–Trinajstić information content (AvgIpc) is 2.51. The van der Waals surface area contributed by atoms with Gasteiger partial charge in [0.15, 0.2) is 11.5 Å². The third-order valence-corrected chi connectivity index (χ3v) is 2.64. The molecule has 0 fully saturated rings. The van der Waals surface area contributed by atoms with Crippen LogP contribution in [0.15, 0.2) is 23.3 Å². The first-order valence-corrected chi connectivity index (χ1v) is 7.10. The van der Waals surface area contributed by atoms with Crippen LogP contribution < -0.4 is 15.5 Å². The van der Waals surface area contributed by atoms with E-state index in [4.69, 9.17) is 9.47 Å². The number of carbonyl (C=O) groups is 2. The third kappa shape index (κ3) is 7.28. The lowest BCUT2D eigenvalue weighted by atomic mass is 10.2. The van der Waals surface area contributed by atoms with E-state index in [-0.39, 0.29) is 12.2 Å². The lowest BCUT2D eigenvalue weighted by molar-refractivity contribution is -0.129. The molecule has 0 saturated heterocycles. The largest absolute Gasteiger partial charge is 0.504 e. The van der Waals surface area contributed by atoms with Crippen molar-refractivity contribution in [1.29, 1.82) is 0 Å². The minimum Gasteiger partial charge on any atom is -0.504 e. The van der Waals surface area contributed by atoms with E-state index >= 15 is 0 Å². The summed E-state index contributed by atoms with van der Waals surface area (Å²) >= 11 is 0. The highest BCUT2D eigenvalue weighted by molar-refractivity contribution is 5.97. The van der Waals surface area contributed by atoms with Gasteiger partial charge in [-0.2, -0.15) is 5.10 Å². The summed E-state index contributed by atoms with van der Waals surface area (Å²) in [6.07, 6.45) is 1.07. The van der Waals surface area contributed by atoms with Crippen molar-refractivity contribution in [3.8, 4) is 11.5 Å². The molecule has 0 aliphatic heterocycles. The number of methoxy groups -OCH3 is 1. The van der Waals surface area contributed by atoms with Gasteiger partial charge in [-0.05, 0) is 30.7 Å². The van der Waals surface area contributed by atoms with Crippen molar-refractivity contribution in [1.82, 2.24) is 10.7 Å². The Labute approximate surface area is 134 Å². The van der Waals surface area contributed by atoms with Crippen LogP contribution in [0.1, 0.15) is 18.9 Å². The standard InChI is InChI=1S/C15H21N3O5/c1-3-23-13-8-11(4-5-12(13)19)10-17-18-15(21)9-14(20)16-6-7-22-2/h4-5,8,10,19H,3,6-7,9H2,1-2H3,(H,16,20)(H,18,21). The van der Waals surface area contributed by atoms with E-state index in [0.29, 0.717) is 31.1 Å². The maximum absolute atomic E-state index is 11.5. The van der Waals surface area contributed by atoms with Gasteiger partial charge in [0, 0.05) is 13.7 Å². The number of ether oxygens (including phenoxy) is 2. The van der Waals surface area contributed by atoms with Crippen molar-refractivity contribution in [2.75, 3.05) is 26.9 Å². The first-order valence-electron chi connectivity index (χ1n) is 7.10. The summed E-state index contributed by atoms with van der Waals surface area (Å²) in [5.74, 6) is -0.570. The summed E-state index contributed by atoms with van der Waals surface area (Å²) in [4.78, 5) is 22.9. The fourth-order valence-electron chi connectivity index (χ4n) is 1.60. The van der Waals surface area contributed by atoms with E-state index < -0.39 is 11.8 Å². The van der Waals surface area contributed by atoms with Crippen molar-refractivity contribution < 1.29 is 24.2 Å². The molecule has 2 amide bonds. The summed E-state index contributed by atoms with van der Waals surface area (Å²) < 4.78 is 10.0. The van der Waals surface area contributed by atoms with Crippen LogP contribution in [0.5, 0.6) is 11.5 Å². The molecule has 0 atom stereocenters. The molecule has 0 aromatic heterocycles. The Balaban J connectivity index is 2.44. The van der Waals surface area contributed by atoms with Gasteiger partial charge in [-0.25, -0.2) is 5.43 Å². The predicted molar refractivity (Wildman–Crippen MR) is 84.5 cm³/mol. The number of carbonyl (C=O) groups excluding carboxylic acids is 2. The number of hydrazone groups is 1. The molecule has 0 aliphatic carbocycles. The first-order chi connectivity index (χ1) is 11.1. The van der Waals surface area contributed by atoms with Crippen LogP contribution in [0.25, 0.3) is 0 Å². The van der Waals surface area contributed by atoms with E-state index in [0.717, 1.165) is 0 Å². The first kappa shape index (κ1) is 18.4. The molecule has 0 aliphatic rings. The molecule has 8 nitrogen and oxygen atoms in total. The molecule has 126 valence electrons. The van der Waals surface area contributed by atoms with Gasteiger partial charge in [0.25, 0.3) is 0 Å². The number of benzene rings is 1. The van der Waals surface area contributed by atoms with Gasteiger partial charge < -0.3 is 19.9 Å². The molecule has 0 saturated carbocycles. The van der Waals surface area contributed by atoms with Gasteiger partial charge >= 0.3 is 0 Å². The predicted octanol–water partition coefficient (Wildman–Crippen LogP) is 0.394. The highest BCUT2D eigenvalue weighted by atomic mass is 16.5. The highest BCUT2D eigenvalue weighted by Crippen LogP contribution is 2.26. The summed E-state index contributed by atoms with van der Waals surface area (Å²) in [5, 5.41) is 15.9. The van der Waals surface area contributed by atoms with E-state index in [2.05, 4.69) is 15.8 Å². The van der Waals surface area contributed by atoms with E-state index in [1.807, 2.05) is 0 Å². The van der Waals surface area contributed by atoms with Crippen molar-refractivity contribution in [3.63, 3.8) is 0 Å². The van der Waals surface area contributed by atoms with Gasteiger partial charge in [0.2, 0.25) is 11.8 Å². The Hall–Kier alpha value is -2.61. The fourth-order valence-corrected chi connectivity index (χ4v) is 1.60. The Morgan fingerprint density at radius 1 is 1.35 bits per heavy atom. The highest BCUT2D eigenvalue weighted by Gasteiger charge is 2.07. The molecule has 0 radical (unpaired) electrons. The zero-order chi connectivity index (χ0) is 17.1. The maximum Gasteiger partial charge on any atom is 0.249 e. The number of phenols is 1. The average molecular weight is 323 g/mol. The number of nitrogens with zero attached hydrogens (tertiary/aromatic N) is 1. The van der Waals surface area contributed by atoms with Crippen molar-refractivity contribution >= 4 is 18.0 Å². The minimum atomic E-state index is -0.528. The smallest absolute Gasteiger partial charge is 0.249 e. The van der Waals surface area contributed by atoms with Crippen LogP contribution >= 0.6 is 0 Å². The second-order valence-electron chi connectivity index (χ2n) is 4.47. The molecule has 0 unspecified atom stereocenters. The lowest BCUT2D eigenvalue weighted by Gasteiger charge is -2.06. The van der Waals surface area contributed by atoms with E-state index in [1.165, 1.54) is 19.4 Å². The van der Waals surface area contributed by atoms with Crippen LogP contribution in [-0.2, 0) is 14.3 Å². The number of amides is 2. The van der Waals surface area contributed by atoms with Crippen LogP contribution in [0.4, 0.5) is 0 Å². The Kier molecular flexibility index (Phi) is 8.16. The summed E-state index contributed by atoms with van der Waals surface area (Å²) in [7, 11) is 1.52. The molecule has 3 N–H and O–H groups in total. The number of aromatic hydroxyl groups is 1. The summed E-state index contributed by atoms with van der Waals surface area (Å²) in [6, 6.07) is 4.67. The summed E-state index contributed by atoms with van der Waals surface area (Å²) in [6.45, 7) is 2.95. The second kappa shape index (κ2) is 10.2. The zero-order valence-electron chi connectivity index (χ0n) is 13.2. The topological polar surface area (TPSA) is 109 Å². The fraction of sp³-hybridized carbons (Fsp3) is 0.400. The molecule has 0 spiro atoms. The summed E-state index contributed by atoms with van der Waals surface area (Å²) in [5.41, 5.74) is 2.89.